The molecule has 0 amide bonds. The van der Waals surface area contributed by atoms with Crippen LogP contribution in [-0.2, 0) is 16.6 Å². The van der Waals surface area contributed by atoms with Crippen LogP contribution in [0.5, 0.6) is 0 Å². The Bertz CT molecular complexity index is 515. The number of terminal acetylenes is 1. The summed E-state index contributed by atoms with van der Waals surface area (Å²) in [5.74, 6) is 2.36. The highest BCUT2D eigenvalue weighted by molar-refractivity contribution is 7.89. The summed E-state index contributed by atoms with van der Waals surface area (Å²) in [4.78, 5) is 0.277. The molecule has 5 heteroatoms. The van der Waals surface area contributed by atoms with E-state index < -0.39 is 10.0 Å². The SMILES string of the molecule is C#CCN(CC)S(=O)(=O)c1ccc(CNC)cc1. The summed E-state index contributed by atoms with van der Waals surface area (Å²) in [7, 11) is -1.63. The van der Waals surface area contributed by atoms with Gasteiger partial charge in [0.15, 0.2) is 0 Å². The standard InChI is InChI=1S/C13H18N2O2S/c1-4-10-15(5-2)18(16,17)13-8-6-12(7-9-13)11-14-3/h1,6-9,14H,5,10-11H2,2-3H3. The van der Waals surface area contributed by atoms with Gasteiger partial charge in [-0.25, -0.2) is 8.42 Å². The first-order chi connectivity index (χ1) is 8.56. The zero-order valence-electron chi connectivity index (χ0n) is 10.7. The van der Waals surface area contributed by atoms with E-state index in [1.54, 1.807) is 31.2 Å². The fourth-order valence-electron chi connectivity index (χ4n) is 1.60. The predicted molar refractivity (Wildman–Crippen MR) is 72.5 cm³/mol. The van der Waals surface area contributed by atoms with E-state index >= 15 is 0 Å². The van der Waals surface area contributed by atoms with Crippen molar-refractivity contribution in [1.29, 1.82) is 0 Å². The summed E-state index contributed by atoms with van der Waals surface area (Å²) in [6, 6.07) is 6.82. The van der Waals surface area contributed by atoms with Crippen molar-refractivity contribution >= 4 is 10.0 Å². The molecule has 1 rings (SSSR count). The second kappa shape index (κ2) is 6.55. The van der Waals surface area contributed by atoms with Gasteiger partial charge in [0.1, 0.15) is 0 Å². The lowest BCUT2D eigenvalue weighted by atomic mass is 10.2. The molecule has 0 atom stereocenters. The number of benzene rings is 1. The van der Waals surface area contributed by atoms with E-state index in [1.165, 1.54) is 4.31 Å². The lowest BCUT2D eigenvalue weighted by molar-refractivity contribution is 0.464. The van der Waals surface area contributed by atoms with Crippen LogP contribution in [0.2, 0.25) is 0 Å². The Balaban J connectivity index is 3.01. The molecule has 0 aliphatic rings. The molecular weight excluding hydrogens is 248 g/mol. The van der Waals surface area contributed by atoms with Gasteiger partial charge in [-0.2, -0.15) is 4.31 Å². The van der Waals surface area contributed by atoms with Gasteiger partial charge in [-0.05, 0) is 24.7 Å². The second-order valence-corrected chi connectivity index (χ2v) is 5.75. The van der Waals surface area contributed by atoms with Crippen molar-refractivity contribution < 1.29 is 8.42 Å². The molecule has 0 spiro atoms. The molecule has 0 aliphatic heterocycles. The zero-order valence-corrected chi connectivity index (χ0v) is 11.5. The Kier molecular flexibility index (Phi) is 5.35. The fourth-order valence-corrected chi connectivity index (χ4v) is 2.96. The van der Waals surface area contributed by atoms with Crippen LogP contribution < -0.4 is 5.32 Å². The van der Waals surface area contributed by atoms with Crippen LogP contribution in [0.15, 0.2) is 29.2 Å². The van der Waals surface area contributed by atoms with E-state index in [-0.39, 0.29) is 11.4 Å². The van der Waals surface area contributed by atoms with Gasteiger partial charge in [0, 0.05) is 13.1 Å². The van der Waals surface area contributed by atoms with E-state index in [0.29, 0.717) is 13.1 Å². The monoisotopic (exact) mass is 266 g/mol. The van der Waals surface area contributed by atoms with E-state index in [0.717, 1.165) is 5.56 Å². The zero-order chi connectivity index (χ0) is 13.6. The summed E-state index contributed by atoms with van der Waals surface area (Å²) in [6.07, 6.45) is 5.18. The van der Waals surface area contributed by atoms with Crippen LogP contribution in [0.4, 0.5) is 0 Å². The van der Waals surface area contributed by atoms with Crippen LogP contribution in [-0.4, -0.2) is 32.9 Å². The first-order valence-electron chi connectivity index (χ1n) is 5.73. The van der Waals surface area contributed by atoms with Crippen LogP contribution in [0.3, 0.4) is 0 Å². The minimum Gasteiger partial charge on any atom is -0.316 e. The van der Waals surface area contributed by atoms with Crippen molar-refractivity contribution in [2.24, 2.45) is 0 Å². The van der Waals surface area contributed by atoms with Gasteiger partial charge in [-0.15, -0.1) is 6.42 Å². The minimum atomic E-state index is -3.47. The van der Waals surface area contributed by atoms with Gasteiger partial charge in [-0.1, -0.05) is 25.0 Å². The number of rotatable bonds is 6. The summed E-state index contributed by atoms with van der Waals surface area (Å²) >= 11 is 0. The van der Waals surface area contributed by atoms with Crippen molar-refractivity contribution in [3.8, 4) is 12.3 Å². The van der Waals surface area contributed by atoms with Crippen molar-refractivity contribution in [1.82, 2.24) is 9.62 Å². The average molecular weight is 266 g/mol. The molecule has 4 nitrogen and oxygen atoms in total. The van der Waals surface area contributed by atoms with Crippen molar-refractivity contribution in [3.63, 3.8) is 0 Å². The van der Waals surface area contributed by atoms with Crippen LogP contribution in [0, 0.1) is 12.3 Å². The molecule has 1 N–H and O–H groups in total. The summed E-state index contributed by atoms with van der Waals surface area (Å²) in [5.41, 5.74) is 1.04. The van der Waals surface area contributed by atoms with Crippen LogP contribution >= 0.6 is 0 Å². The van der Waals surface area contributed by atoms with E-state index in [2.05, 4.69) is 11.2 Å². The molecule has 0 heterocycles. The first kappa shape index (κ1) is 14.7. The largest absolute Gasteiger partial charge is 0.316 e. The highest BCUT2D eigenvalue weighted by Gasteiger charge is 2.21. The Morgan fingerprint density at radius 2 is 1.94 bits per heavy atom. The lowest BCUT2D eigenvalue weighted by Crippen LogP contribution is -2.31. The molecule has 1 aromatic carbocycles. The molecular formula is C13H18N2O2S. The van der Waals surface area contributed by atoms with Gasteiger partial charge in [0.25, 0.3) is 0 Å². The van der Waals surface area contributed by atoms with Gasteiger partial charge in [0.2, 0.25) is 10.0 Å². The number of hydrogen-bond donors (Lipinski definition) is 1. The Morgan fingerprint density at radius 1 is 1.33 bits per heavy atom. The van der Waals surface area contributed by atoms with Gasteiger partial charge in [-0.3, -0.25) is 0 Å². The number of nitrogens with zero attached hydrogens (tertiary/aromatic N) is 1. The molecule has 0 radical (unpaired) electrons. The van der Waals surface area contributed by atoms with E-state index in [4.69, 9.17) is 6.42 Å². The Hall–Kier alpha value is -1.35. The van der Waals surface area contributed by atoms with Gasteiger partial charge < -0.3 is 5.32 Å². The molecule has 98 valence electrons. The number of sulfonamides is 1. The lowest BCUT2D eigenvalue weighted by Gasteiger charge is -2.17. The molecule has 0 unspecified atom stereocenters. The molecule has 0 fully saturated rings. The molecule has 0 saturated heterocycles. The van der Waals surface area contributed by atoms with Crippen LogP contribution in [0.25, 0.3) is 0 Å². The Morgan fingerprint density at radius 3 is 2.39 bits per heavy atom. The maximum absolute atomic E-state index is 12.2. The maximum atomic E-state index is 12.2. The molecule has 18 heavy (non-hydrogen) atoms. The maximum Gasteiger partial charge on any atom is 0.243 e. The van der Waals surface area contributed by atoms with Crippen LogP contribution in [0.1, 0.15) is 12.5 Å². The minimum absolute atomic E-state index is 0.0943. The third-order valence-corrected chi connectivity index (χ3v) is 4.50. The first-order valence-corrected chi connectivity index (χ1v) is 7.17. The normalized spacial score (nSPS) is 11.4. The third-order valence-electron chi connectivity index (χ3n) is 2.56. The molecule has 0 aromatic heterocycles. The predicted octanol–water partition coefficient (Wildman–Crippen LogP) is 1.05. The number of hydrogen-bond acceptors (Lipinski definition) is 3. The highest BCUT2D eigenvalue weighted by Crippen LogP contribution is 2.16. The van der Waals surface area contributed by atoms with Crippen molar-refractivity contribution in [2.45, 2.75) is 18.4 Å². The summed E-state index contributed by atoms with van der Waals surface area (Å²) < 4.78 is 25.8. The second-order valence-electron chi connectivity index (χ2n) is 3.81. The summed E-state index contributed by atoms with van der Waals surface area (Å²) in [6.45, 7) is 2.94. The fraction of sp³-hybridized carbons (Fsp3) is 0.385. The highest BCUT2D eigenvalue weighted by atomic mass is 32.2. The molecule has 0 aliphatic carbocycles. The molecule has 0 bridgehead atoms. The summed E-state index contributed by atoms with van der Waals surface area (Å²) in [5, 5.41) is 3.01. The number of nitrogens with one attached hydrogen (secondary N) is 1. The smallest absolute Gasteiger partial charge is 0.243 e. The topological polar surface area (TPSA) is 49.4 Å². The van der Waals surface area contributed by atoms with E-state index in [1.807, 2.05) is 7.05 Å². The van der Waals surface area contributed by atoms with Crippen molar-refractivity contribution in [3.05, 3.63) is 29.8 Å². The average Bonchev–Trinajstić information content (AvgIpc) is 2.36. The van der Waals surface area contributed by atoms with Gasteiger partial charge in [0.05, 0.1) is 11.4 Å². The molecule has 0 saturated carbocycles. The quantitative estimate of drug-likeness (QED) is 0.783. The van der Waals surface area contributed by atoms with Gasteiger partial charge >= 0.3 is 0 Å². The Labute approximate surface area is 109 Å². The third kappa shape index (κ3) is 3.33. The van der Waals surface area contributed by atoms with Crippen molar-refractivity contribution in [2.75, 3.05) is 20.1 Å². The van der Waals surface area contributed by atoms with E-state index in [9.17, 15) is 8.42 Å². The molecule has 1 aromatic rings.